The Morgan fingerprint density at radius 2 is 2.13 bits per heavy atom. The SMILES string of the molecule is Cl.NC1CCCN(C(=O)c2ccccc2SCc2cccs2)C1. The molecule has 0 spiro atoms. The standard InChI is InChI=1S/C17H20N2OS2.ClH/c18-13-5-3-9-19(11-13)17(20)15-7-1-2-8-16(15)22-12-14-6-4-10-21-14;/h1-2,4,6-8,10,13H,3,5,9,11-12,18H2;1H. The number of hydrogen-bond acceptors (Lipinski definition) is 4. The summed E-state index contributed by atoms with van der Waals surface area (Å²) >= 11 is 3.48. The summed E-state index contributed by atoms with van der Waals surface area (Å²) in [6.45, 7) is 1.49. The molecule has 1 aromatic heterocycles. The number of carbonyl (C=O) groups excluding carboxylic acids is 1. The number of benzene rings is 1. The first-order chi connectivity index (χ1) is 10.7. The van der Waals surface area contributed by atoms with Crippen molar-refractivity contribution in [1.29, 1.82) is 0 Å². The van der Waals surface area contributed by atoms with Gasteiger partial charge in [0.15, 0.2) is 0 Å². The maximum atomic E-state index is 12.8. The number of halogens is 1. The minimum absolute atomic E-state index is 0. The first kappa shape index (κ1) is 18.3. The van der Waals surface area contributed by atoms with Gasteiger partial charge in [0, 0.05) is 34.7 Å². The second kappa shape index (κ2) is 8.73. The van der Waals surface area contributed by atoms with Gasteiger partial charge in [0.05, 0.1) is 5.56 Å². The third kappa shape index (κ3) is 4.73. The van der Waals surface area contributed by atoms with Gasteiger partial charge in [-0.05, 0) is 36.4 Å². The number of carbonyl (C=O) groups is 1. The van der Waals surface area contributed by atoms with Crippen LogP contribution in [0.2, 0.25) is 0 Å². The second-order valence-corrected chi connectivity index (χ2v) is 7.57. The van der Waals surface area contributed by atoms with Gasteiger partial charge in [-0.2, -0.15) is 0 Å². The highest BCUT2D eigenvalue weighted by Crippen LogP contribution is 2.29. The molecule has 3 nitrogen and oxygen atoms in total. The summed E-state index contributed by atoms with van der Waals surface area (Å²) in [6, 6.07) is 12.2. The van der Waals surface area contributed by atoms with Crippen molar-refractivity contribution in [2.75, 3.05) is 13.1 Å². The summed E-state index contributed by atoms with van der Waals surface area (Å²) in [5.74, 6) is 1.02. The molecule has 0 aliphatic carbocycles. The topological polar surface area (TPSA) is 46.3 Å². The number of rotatable bonds is 4. The monoisotopic (exact) mass is 368 g/mol. The molecule has 124 valence electrons. The van der Waals surface area contributed by atoms with Crippen LogP contribution in [0.1, 0.15) is 28.1 Å². The molecule has 1 saturated heterocycles. The highest BCUT2D eigenvalue weighted by molar-refractivity contribution is 7.98. The number of piperidine rings is 1. The summed E-state index contributed by atoms with van der Waals surface area (Å²) < 4.78 is 0. The third-order valence-corrected chi connectivity index (χ3v) is 5.99. The minimum atomic E-state index is 0. The molecule has 0 radical (unpaired) electrons. The van der Waals surface area contributed by atoms with Crippen LogP contribution in [0.25, 0.3) is 0 Å². The van der Waals surface area contributed by atoms with Crippen molar-refractivity contribution in [2.45, 2.75) is 29.5 Å². The number of hydrogen-bond donors (Lipinski definition) is 1. The molecule has 1 amide bonds. The largest absolute Gasteiger partial charge is 0.337 e. The van der Waals surface area contributed by atoms with Crippen molar-refractivity contribution in [3.63, 3.8) is 0 Å². The molecule has 23 heavy (non-hydrogen) atoms. The van der Waals surface area contributed by atoms with Crippen molar-refractivity contribution < 1.29 is 4.79 Å². The van der Waals surface area contributed by atoms with Gasteiger partial charge in [-0.1, -0.05) is 18.2 Å². The fourth-order valence-corrected chi connectivity index (χ4v) is 4.50. The van der Waals surface area contributed by atoms with E-state index < -0.39 is 0 Å². The maximum Gasteiger partial charge on any atom is 0.255 e. The van der Waals surface area contributed by atoms with E-state index in [2.05, 4.69) is 17.5 Å². The normalized spacial score (nSPS) is 17.6. The molecule has 1 unspecified atom stereocenters. The number of nitrogens with two attached hydrogens (primary N) is 1. The van der Waals surface area contributed by atoms with Crippen LogP contribution in [-0.4, -0.2) is 29.9 Å². The van der Waals surface area contributed by atoms with Crippen molar-refractivity contribution in [2.24, 2.45) is 5.73 Å². The Morgan fingerprint density at radius 3 is 2.87 bits per heavy atom. The van der Waals surface area contributed by atoms with Crippen LogP contribution in [0, 0.1) is 0 Å². The fraction of sp³-hybridized carbons (Fsp3) is 0.353. The molecular weight excluding hydrogens is 348 g/mol. The molecule has 3 rings (SSSR count). The Bertz CT molecular complexity index is 633. The van der Waals surface area contributed by atoms with Gasteiger partial charge in [-0.25, -0.2) is 0 Å². The van der Waals surface area contributed by atoms with E-state index in [0.717, 1.165) is 35.6 Å². The quantitative estimate of drug-likeness (QED) is 0.829. The predicted octanol–water partition coefficient (Wildman–Crippen LogP) is 4.03. The molecule has 0 saturated carbocycles. The van der Waals surface area contributed by atoms with E-state index in [0.29, 0.717) is 6.54 Å². The van der Waals surface area contributed by atoms with E-state index in [1.165, 1.54) is 4.88 Å². The Balaban J connectivity index is 0.00000192. The molecule has 1 aliphatic rings. The van der Waals surface area contributed by atoms with Crippen LogP contribution in [0.15, 0.2) is 46.7 Å². The molecule has 6 heteroatoms. The zero-order valence-electron chi connectivity index (χ0n) is 12.8. The van der Waals surface area contributed by atoms with E-state index in [-0.39, 0.29) is 24.4 Å². The van der Waals surface area contributed by atoms with E-state index in [4.69, 9.17) is 5.73 Å². The number of nitrogens with zero attached hydrogens (tertiary/aromatic N) is 1. The molecule has 2 aromatic rings. The van der Waals surface area contributed by atoms with Gasteiger partial charge in [0.1, 0.15) is 0 Å². The molecule has 1 fully saturated rings. The lowest BCUT2D eigenvalue weighted by Crippen LogP contribution is -2.45. The van der Waals surface area contributed by atoms with Gasteiger partial charge < -0.3 is 10.6 Å². The zero-order valence-corrected chi connectivity index (χ0v) is 15.3. The molecule has 2 heterocycles. The van der Waals surface area contributed by atoms with Gasteiger partial charge in [0.25, 0.3) is 5.91 Å². The zero-order chi connectivity index (χ0) is 15.4. The van der Waals surface area contributed by atoms with Crippen LogP contribution in [0.4, 0.5) is 0 Å². The summed E-state index contributed by atoms with van der Waals surface area (Å²) in [4.78, 5) is 17.1. The number of amides is 1. The van der Waals surface area contributed by atoms with E-state index in [9.17, 15) is 4.79 Å². The molecule has 1 aliphatic heterocycles. The summed E-state index contributed by atoms with van der Waals surface area (Å²) in [7, 11) is 0. The summed E-state index contributed by atoms with van der Waals surface area (Å²) in [6.07, 6.45) is 2.01. The van der Waals surface area contributed by atoms with Crippen LogP contribution in [0.5, 0.6) is 0 Å². The van der Waals surface area contributed by atoms with Crippen molar-refractivity contribution in [3.8, 4) is 0 Å². The van der Waals surface area contributed by atoms with Gasteiger partial charge in [0.2, 0.25) is 0 Å². The Morgan fingerprint density at radius 1 is 1.30 bits per heavy atom. The van der Waals surface area contributed by atoms with Crippen molar-refractivity contribution in [3.05, 3.63) is 52.2 Å². The number of thiophene rings is 1. The molecule has 1 atom stereocenters. The Hall–Kier alpha value is -1.01. The maximum absolute atomic E-state index is 12.8. The lowest BCUT2D eigenvalue weighted by molar-refractivity contribution is 0.0705. The predicted molar refractivity (Wildman–Crippen MR) is 101 cm³/mol. The van der Waals surface area contributed by atoms with Gasteiger partial charge in [-0.15, -0.1) is 35.5 Å². The fourth-order valence-electron chi connectivity index (χ4n) is 2.68. The van der Waals surface area contributed by atoms with E-state index >= 15 is 0 Å². The minimum Gasteiger partial charge on any atom is -0.337 e. The van der Waals surface area contributed by atoms with Gasteiger partial charge >= 0.3 is 0 Å². The molecule has 0 bridgehead atoms. The van der Waals surface area contributed by atoms with Crippen LogP contribution in [-0.2, 0) is 5.75 Å². The Labute approximate surface area is 151 Å². The summed E-state index contributed by atoms with van der Waals surface area (Å²) in [5, 5.41) is 2.09. The van der Waals surface area contributed by atoms with E-state index in [1.807, 2.05) is 29.2 Å². The number of likely N-dealkylation sites (tertiary alicyclic amines) is 1. The smallest absolute Gasteiger partial charge is 0.255 e. The molecule has 1 aromatic carbocycles. The van der Waals surface area contributed by atoms with Crippen LogP contribution < -0.4 is 5.73 Å². The van der Waals surface area contributed by atoms with E-state index in [1.54, 1.807) is 23.1 Å². The highest BCUT2D eigenvalue weighted by Gasteiger charge is 2.23. The Kier molecular flexibility index (Phi) is 6.96. The first-order valence-corrected chi connectivity index (χ1v) is 9.39. The highest BCUT2D eigenvalue weighted by atomic mass is 35.5. The average molecular weight is 369 g/mol. The third-order valence-electron chi connectivity index (χ3n) is 3.81. The average Bonchev–Trinajstić information content (AvgIpc) is 3.06. The summed E-state index contributed by atoms with van der Waals surface area (Å²) in [5.41, 5.74) is 6.81. The number of thioether (sulfide) groups is 1. The van der Waals surface area contributed by atoms with Crippen molar-refractivity contribution >= 4 is 41.4 Å². The lowest BCUT2D eigenvalue weighted by atomic mass is 10.1. The molecule has 2 N–H and O–H groups in total. The second-order valence-electron chi connectivity index (χ2n) is 5.52. The van der Waals surface area contributed by atoms with Crippen LogP contribution >= 0.6 is 35.5 Å². The lowest BCUT2D eigenvalue weighted by Gasteiger charge is -2.31. The van der Waals surface area contributed by atoms with Crippen LogP contribution in [0.3, 0.4) is 0 Å². The van der Waals surface area contributed by atoms with Crippen molar-refractivity contribution in [1.82, 2.24) is 4.90 Å². The van der Waals surface area contributed by atoms with Gasteiger partial charge in [-0.3, -0.25) is 4.79 Å². The first-order valence-electron chi connectivity index (χ1n) is 7.53. The molecular formula is C17H21ClN2OS2.